The first-order valence-electron chi connectivity index (χ1n) is 8.48. The van der Waals surface area contributed by atoms with E-state index in [0.717, 1.165) is 37.4 Å². The van der Waals surface area contributed by atoms with E-state index in [-0.39, 0.29) is 5.91 Å². The number of anilines is 2. The maximum absolute atomic E-state index is 12.2. The van der Waals surface area contributed by atoms with Crippen LogP contribution in [0.2, 0.25) is 0 Å². The van der Waals surface area contributed by atoms with Crippen molar-refractivity contribution in [2.45, 2.75) is 19.4 Å². The van der Waals surface area contributed by atoms with Gasteiger partial charge in [0, 0.05) is 51.5 Å². The minimum absolute atomic E-state index is 0.0754. The van der Waals surface area contributed by atoms with Crippen LogP contribution >= 0.6 is 0 Å². The number of rotatable bonds is 5. The molecule has 0 fully saturated rings. The van der Waals surface area contributed by atoms with Gasteiger partial charge in [-0.15, -0.1) is 0 Å². The van der Waals surface area contributed by atoms with Gasteiger partial charge in [-0.3, -0.25) is 9.69 Å². The van der Waals surface area contributed by atoms with Crippen molar-refractivity contribution in [2.24, 2.45) is 0 Å². The Balaban J connectivity index is 1.48. The van der Waals surface area contributed by atoms with Crippen LogP contribution in [0.3, 0.4) is 0 Å². The summed E-state index contributed by atoms with van der Waals surface area (Å²) in [6, 6.07) is 16.5. The van der Waals surface area contributed by atoms with E-state index in [4.69, 9.17) is 0 Å². The molecule has 1 aliphatic heterocycles. The molecule has 24 heavy (non-hydrogen) atoms. The summed E-state index contributed by atoms with van der Waals surface area (Å²) in [5.74, 6) is 0.0754. The molecule has 0 spiro atoms. The highest BCUT2D eigenvalue weighted by Crippen LogP contribution is 2.19. The summed E-state index contributed by atoms with van der Waals surface area (Å²) >= 11 is 0. The quantitative estimate of drug-likeness (QED) is 0.918. The van der Waals surface area contributed by atoms with E-state index in [0.29, 0.717) is 6.42 Å². The number of nitrogens with zero attached hydrogens (tertiary/aromatic N) is 2. The molecule has 3 rings (SSSR count). The zero-order valence-electron chi connectivity index (χ0n) is 14.5. The predicted octanol–water partition coefficient (Wildman–Crippen LogP) is 3.14. The molecule has 126 valence electrons. The molecule has 0 saturated heterocycles. The van der Waals surface area contributed by atoms with Gasteiger partial charge in [-0.05, 0) is 41.8 Å². The molecule has 0 aromatic heterocycles. The lowest BCUT2D eigenvalue weighted by molar-refractivity contribution is -0.116. The molecular formula is C20H25N3O. The minimum atomic E-state index is 0.0754. The molecular weight excluding hydrogens is 298 g/mol. The fourth-order valence-electron chi connectivity index (χ4n) is 3.07. The van der Waals surface area contributed by atoms with Crippen molar-refractivity contribution >= 4 is 17.3 Å². The lowest BCUT2D eigenvalue weighted by Crippen LogP contribution is -2.33. The average Bonchev–Trinajstić information content (AvgIpc) is 2.60. The third kappa shape index (κ3) is 4.15. The minimum Gasteiger partial charge on any atom is -0.378 e. The number of hydrogen-bond acceptors (Lipinski definition) is 3. The van der Waals surface area contributed by atoms with Crippen molar-refractivity contribution < 1.29 is 4.79 Å². The van der Waals surface area contributed by atoms with Crippen molar-refractivity contribution in [1.29, 1.82) is 0 Å². The van der Waals surface area contributed by atoms with Crippen molar-refractivity contribution in [2.75, 3.05) is 37.4 Å². The van der Waals surface area contributed by atoms with Crippen LogP contribution in [0.25, 0.3) is 0 Å². The third-order valence-electron chi connectivity index (χ3n) is 4.53. The van der Waals surface area contributed by atoms with Crippen LogP contribution in [0.4, 0.5) is 11.4 Å². The first-order chi connectivity index (χ1) is 11.6. The SMILES string of the molecule is CN(C)c1ccc(NC(=O)CCN2CCc3ccccc3C2)cc1. The number of hydrogen-bond donors (Lipinski definition) is 1. The molecule has 0 aliphatic carbocycles. The molecule has 1 heterocycles. The van der Waals surface area contributed by atoms with Crippen LogP contribution in [-0.4, -0.2) is 38.0 Å². The highest BCUT2D eigenvalue weighted by molar-refractivity contribution is 5.91. The molecule has 4 nitrogen and oxygen atoms in total. The second kappa shape index (κ2) is 7.49. The van der Waals surface area contributed by atoms with E-state index in [1.54, 1.807) is 0 Å². The van der Waals surface area contributed by atoms with Crippen LogP contribution in [0.15, 0.2) is 48.5 Å². The molecule has 0 bridgehead atoms. The van der Waals surface area contributed by atoms with Gasteiger partial charge in [0.05, 0.1) is 0 Å². The third-order valence-corrected chi connectivity index (χ3v) is 4.53. The molecule has 0 unspecified atom stereocenters. The van der Waals surface area contributed by atoms with Gasteiger partial charge < -0.3 is 10.2 Å². The molecule has 2 aromatic rings. The van der Waals surface area contributed by atoms with Crippen molar-refractivity contribution in [3.63, 3.8) is 0 Å². The summed E-state index contributed by atoms with van der Waals surface area (Å²) in [5.41, 5.74) is 4.82. The van der Waals surface area contributed by atoms with E-state index in [9.17, 15) is 4.79 Å². The average molecular weight is 323 g/mol. The summed E-state index contributed by atoms with van der Waals surface area (Å²) in [6.07, 6.45) is 1.60. The second-order valence-corrected chi connectivity index (χ2v) is 6.53. The van der Waals surface area contributed by atoms with Crippen molar-refractivity contribution in [3.05, 3.63) is 59.7 Å². The summed E-state index contributed by atoms with van der Waals surface area (Å²) in [6.45, 7) is 2.78. The second-order valence-electron chi connectivity index (χ2n) is 6.53. The first-order valence-corrected chi connectivity index (χ1v) is 8.48. The summed E-state index contributed by atoms with van der Waals surface area (Å²) in [4.78, 5) is 16.6. The standard InChI is InChI=1S/C20H25N3O/c1-22(2)19-9-7-18(8-10-19)21-20(24)12-14-23-13-11-16-5-3-4-6-17(16)15-23/h3-10H,11-15H2,1-2H3,(H,21,24). The topological polar surface area (TPSA) is 35.6 Å². The molecule has 4 heteroatoms. The highest BCUT2D eigenvalue weighted by atomic mass is 16.1. The van der Waals surface area contributed by atoms with E-state index < -0.39 is 0 Å². The summed E-state index contributed by atoms with van der Waals surface area (Å²) in [7, 11) is 4.01. The zero-order chi connectivity index (χ0) is 16.9. The maximum atomic E-state index is 12.2. The number of carbonyl (C=O) groups is 1. The Labute approximate surface area is 144 Å². The van der Waals surface area contributed by atoms with Crippen LogP contribution < -0.4 is 10.2 Å². The van der Waals surface area contributed by atoms with Crippen molar-refractivity contribution in [1.82, 2.24) is 4.90 Å². The van der Waals surface area contributed by atoms with E-state index in [1.165, 1.54) is 11.1 Å². The van der Waals surface area contributed by atoms with Crippen molar-refractivity contribution in [3.8, 4) is 0 Å². The van der Waals surface area contributed by atoms with Crippen LogP contribution in [0, 0.1) is 0 Å². The smallest absolute Gasteiger partial charge is 0.225 e. The van der Waals surface area contributed by atoms with Gasteiger partial charge in [0.25, 0.3) is 0 Å². The Hall–Kier alpha value is -2.33. The van der Waals surface area contributed by atoms with Crippen LogP contribution in [0.1, 0.15) is 17.5 Å². The Morgan fingerprint density at radius 3 is 2.50 bits per heavy atom. The van der Waals surface area contributed by atoms with Gasteiger partial charge in [0.1, 0.15) is 0 Å². The Kier molecular flexibility index (Phi) is 5.16. The number of carbonyl (C=O) groups excluding carboxylic acids is 1. The zero-order valence-corrected chi connectivity index (χ0v) is 14.5. The van der Waals surface area contributed by atoms with Crippen LogP contribution in [-0.2, 0) is 17.8 Å². The number of fused-ring (bicyclic) bond motifs is 1. The fraction of sp³-hybridized carbons (Fsp3) is 0.350. The van der Waals surface area contributed by atoms with Gasteiger partial charge in [-0.2, -0.15) is 0 Å². The van der Waals surface area contributed by atoms with Crippen LogP contribution in [0.5, 0.6) is 0 Å². The molecule has 0 radical (unpaired) electrons. The molecule has 1 N–H and O–H groups in total. The van der Waals surface area contributed by atoms with E-state index in [2.05, 4.69) is 34.5 Å². The Bertz CT molecular complexity index is 694. The molecule has 2 aromatic carbocycles. The lowest BCUT2D eigenvalue weighted by atomic mass is 10.00. The first kappa shape index (κ1) is 16.5. The van der Waals surface area contributed by atoms with Gasteiger partial charge in [0.2, 0.25) is 5.91 Å². The maximum Gasteiger partial charge on any atom is 0.225 e. The Morgan fingerprint density at radius 1 is 1.08 bits per heavy atom. The fourth-order valence-corrected chi connectivity index (χ4v) is 3.07. The predicted molar refractivity (Wildman–Crippen MR) is 99.4 cm³/mol. The van der Waals surface area contributed by atoms with Gasteiger partial charge in [-0.25, -0.2) is 0 Å². The normalized spacial score (nSPS) is 14.1. The lowest BCUT2D eigenvalue weighted by Gasteiger charge is -2.28. The van der Waals surface area contributed by atoms with Gasteiger partial charge in [-0.1, -0.05) is 24.3 Å². The highest BCUT2D eigenvalue weighted by Gasteiger charge is 2.16. The molecule has 0 atom stereocenters. The largest absolute Gasteiger partial charge is 0.378 e. The van der Waals surface area contributed by atoms with E-state index >= 15 is 0 Å². The number of benzene rings is 2. The molecule has 1 amide bonds. The molecule has 0 saturated carbocycles. The summed E-state index contributed by atoms with van der Waals surface area (Å²) in [5, 5.41) is 2.98. The van der Waals surface area contributed by atoms with Gasteiger partial charge in [0.15, 0.2) is 0 Å². The molecule has 1 aliphatic rings. The number of amides is 1. The Morgan fingerprint density at radius 2 is 1.79 bits per heavy atom. The number of nitrogens with one attached hydrogen (secondary N) is 1. The summed E-state index contributed by atoms with van der Waals surface area (Å²) < 4.78 is 0. The van der Waals surface area contributed by atoms with Gasteiger partial charge >= 0.3 is 0 Å². The van der Waals surface area contributed by atoms with E-state index in [1.807, 2.05) is 43.3 Å². The monoisotopic (exact) mass is 323 g/mol.